The molecule has 1 heterocycles. The second-order valence-electron chi connectivity index (χ2n) is 3.02. The van der Waals surface area contributed by atoms with Crippen molar-refractivity contribution in [3.8, 4) is 0 Å². The van der Waals surface area contributed by atoms with Gasteiger partial charge in [0.05, 0.1) is 0 Å². The molecule has 0 aromatic heterocycles. The zero-order valence-corrected chi connectivity index (χ0v) is 8.23. The molecule has 1 fully saturated rings. The summed E-state index contributed by atoms with van der Waals surface area (Å²) < 4.78 is 0. The van der Waals surface area contributed by atoms with E-state index >= 15 is 0 Å². The molecule has 0 atom stereocenters. The van der Waals surface area contributed by atoms with Gasteiger partial charge in [-0.1, -0.05) is 22.9 Å². The molecule has 10 heavy (non-hydrogen) atoms. The number of hydrogen-bond donors (Lipinski definition) is 0. The van der Waals surface area contributed by atoms with E-state index in [4.69, 9.17) is 0 Å². The lowest BCUT2D eigenvalue weighted by molar-refractivity contribution is 0.235. The highest BCUT2D eigenvalue weighted by molar-refractivity contribution is 9.09. The first-order valence-corrected chi connectivity index (χ1v) is 5.11. The predicted octanol–water partition coefficient (Wildman–Crippen LogP) is 2.26. The zero-order chi connectivity index (χ0) is 7.40. The Morgan fingerprint density at radius 3 is 2.50 bits per heavy atom. The van der Waals surface area contributed by atoms with E-state index in [-0.39, 0.29) is 0 Å². The molecule has 0 radical (unpaired) electrons. The van der Waals surface area contributed by atoms with E-state index < -0.39 is 0 Å². The summed E-state index contributed by atoms with van der Waals surface area (Å²) in [4.78, 5) is 3.35. The molecule has 1 aliphatic heterocycles. The highest BCUT2D eigenvalue weighted by atomic mass is 79.9. The fourth-order valence-electron chi connectivity index (χ4n) is 1.44. The van der Waals surface area contributed by atoms with Crippen LogP contribution in [0.5, 0.6) is 0 Å². The van der Waals surface area contributed by atoms with E-state index in [1.165, 1.54) is 38.9 Å². The van der Waals surface area contributed by atoms with Crippen LogP contribution in [0.1, 0.15) is 26.2 Å². The summed E-state index contributed by atoms with van der Waals surface area (Å²) >= 11 is 3.64. The van der Waals surface area contributed by atoms with Crippen LogP contribution in [0.2, 0.25) is 0 Å². The number of likely N-dealkylation sites (tertiary alicyclic amines) is 1. The maximum Gasteiger partial charge on any atom is 0.0170 e. The topological polar surface area (TPSA) is 3.24 Å². The standard InChI is InChI=1S/C8H16BrN/c1-2-5-10-6-3-8(9)4-7-10/h8H,2-7H2,1H3. The van der Waals surface area contributed by atoms with E-state index in [0.717, 1.165) is 4.83 Å². The van der Waals surface area contributed by atoms with Gasteiger partial charge in [0.15, 0.2) is 0 Å². The molecule has 0 spiro atoms. The Bertz CT molecular complexity index is 87.3. The van der Waals surface area contributed by atoms with E-state index in [2.05, 4.69) is 27.8 Å². The van der Waals surface area contributed by atoms with Crippen LogP contribution < -0.4 is 0 Å². The van der Waals surface area contributed by atoms with Crippen molar-refractivity contribution >= 4 is 15.9 Å². The number of rotatable bonds is 2. The van der Waals surface area contributed by atoms with Crippen LogP contribution in [0.25, 0.3) is 0 Å². The Balaban J connectivity index is 2.13. The molecule has 0 bridgehead atoms. The van der Waals surface area contributed by atoms with E-state index in [1.54, 1.807) is 0 Å². The molecule has 60 valence electrons. The molecule has 1 saturated heterocycles. The van der Waals surface area contributed by atoms with Gasteiger partial charge >= 0.3 is 0 Å². The van der Waals surface area contributed by atoms with Crippen molar-refractivity contribution in [2.75, 3.05) is 19.6 Å². The van der Waals surface area contributed by atoms with Gasteiger partial charge in [0.25, 0.3) is 0 Å². The van der Waals surface area contributed by atoms with Crippen molar-refractivity contribution in [2.45, 2.75) is 31.0 Å². The molecule has 1 aliphatic rings. The van der Waals surface area contributed by atoms with Gasteiger partial charge in [-0.25, -0.2) is 0 Å². The number of hydrogen-bond acceptors (Lipinski definition) is 1. The van der Waals surface area contributed by atoms with Crippen molar-refractivity contribution in [2.24, 2.45) is 0 Å². The zero-order valence-electron chi connectivity index (χ0n) is 6.65. The third-order valence-electron chi connectivity index (χ3n) is 2.06. The largest absolute Gasteiger partial charge is 0.303 e. The molecule has 0 N–H and O–H groups in total. The molecule has 1 nitrogen and oxygen atoms in total. The summed E-state index contributed by atoms with van der Waals surface area (Å²) in [5.74, 6) is 0. The summed E-state index contributed by atoms with van der Waals surface area (Å²) in [6.45, 7) is 6.13. The highest BCUT2D eigenvalue weighted by Crippen LogP contribution is 2.16. The monoisotopic (exact) mass is 205 g/mol. The maximum absolute atomic E-state index is 3.64. The second-order valence-corrected chi connectivity index (χ2v) is 4.31. The first kappa shape index (κ1) is 8.54. The van der Waals surface area contributed by atoms with Crippen molar-refractivity contribution in [1.82, 2.24) is 4.90 Å². The van der Waals surface area contributed by atoms with Crippen LogP contribution in [0.15, 0.2) is 0 Å². The van der Waals surface area contributed by atoms with Gasteiger partial charge < -0.3 is 4.90 Å². The molecule has 1 rings (SSSR count). The lowest BCUT2D eigenvalue weighted by Crippen LogP contribution is -2.34. The lowest BCUT2D eigenvalue weighted by atomic mass is 10.1. The molecule has 0 aromatic carbocycles. The third kappa shape index (κ3) is 2.59. The van der Waals surface area contributed by atoms with Gasteiger partial charge in [0.2, 0.25) is 0 Å². The molecule has 2 heteroatoms. The summed E-state index contributed by atoms with van der Waals surface area (Å²) in [6.07, 6.45) is 3.97. The van der Waals surface area contributed by atoms with Gasteiger partial charge in [-0.15, -0.1) is 0 Å². The van der Waals surface area contributed by atoms with Crippen LogP contribution in [0.3, 0.4) is 0 Å². The maximum atomic E-state index is 3.64. The van der Waals surface area contributed by atoms with Crippen LogP contribution in [0.4, 0.5) is 0 Å². The van der Waals surface area contributed by atoms with Gasteiger partial charge in [-0.3, -0.25) is 0 Å². The number of piperidine rings is 1. The summed E-state index contributed by atoms with van der Waals surface area (Å²) in [7, 11) is 0. The quantitative estimate of drug-likeness (QED) is 0.626. The summed E-state index contributed by atoms with van der Waals surface area (Å²) in [5, 5.41) is 0. The first-order valence-electron chi connectivity index (χ1n) is 4.19. The van der Waals surface area contributed by atoms with Crippen molar-refractivity contribution in [3.63, 3.8) is 0 Å². The van der Waals surface area contributed by atoms with Gasteiger partial charge in [-0.2, -0.15) is 0 Å². The Morgan fingerprint density at radius 2 is 2.00 bits per heavy atom. The van der Waals surface area contributed by atoms with E-state index in [1.807, 2.05) is 0 Å². The average molecular weight is 206 g/mol. The second kappa shape index (κ2) is 4.35. The SMILES string of the molecule is CCCN1CCC(Br)CC1. The number of halogens is 1. The molecular formula is C8H16BrN. The Kier molecular flexibility index (Phi) is 3.71. The summed E-state index contributed by atoms with van der Waals surface area (Å²) in [6, 6.07) is 0. The Morgan fingerprint density at radius 1 is 1.40 bits per heavy atom. The molecular weight excluding hydrogens is 190 g/mol. The minimum absolute atomic E-state index is 0.792. The minimum atomic E-state index is 0.792. The fourth-order valence-corrected chi connectivity index (χ4v) is 1.85. The van der Waals surface area contributed by atoms with Gasteiger partial charge in [0.1, 0.15) is 0 Å². The fraction of sp³-hybridized carbons (Fsp3) is 1.00. The summed E-state index contributed by atoms with van der Waals surface area (Å²) in [5.41, 5.74) is 0. The normalized spacial score (nSPS) is 23.4. The molecule has 0 saturated carbocycles. The Hall–Kier alpha value is 0.440. The van der Waals surface area contributed by atoms with Crippen LogP contribution in [0, 0.1) is 0 Å². The molecule has 0 amide bonds. The van der Waals surface area contributed by atoms with E-state index in [9.17, 15) is 0 Å². The predicted molar refractivity (Wildman–Crippen MR) is 48.7 cm³/mol. The smallest absolute Gasteiger partial charge is 0.0170 e. The molecule has 0 aromatic rings. The van der Waals surface area contributed by atoms with Gasteiger partial charge in [-0.05, 0) is 38.9 Å². The van der Waals surface area contributed by atoms with Gasteiger partial charge in [0, 0.05) is 4.83 Å². The van der Waals surface area contributed by atoms with Crippen LogP contribution >= 0.6 is 15.9 Å². The highest BCUT2D eigenvalue weighted by Gasteiger charge is 2.14. The number of alkyl halides is 1. The van der Waals surface area contributed by atoms with Crippen molar-refractivity contribution < 1.29 is 0 Å². The average Bonchev–Trinajstić information content (AvgIpc) is 1.95. The van der Waals surface area contributed by atoms with Crippen LogP contribution in [-0.2, 0) is 0 Å². The minimum Gasteiger partial charge on any atom is -0.303 e. The Labute approximate surface area is 71.9 Å². The van der Waals surface area contributed by atoms with E-state index in [0.29, 0.717) is 0 Å². The first-order chi connectivity index (χ1) is 4.83. The molecule has 0 unspecified atom stereocenters. The van der Waals surface area contributed by atoms with Crippen molar-refractivity contribution in [3.05, 3.63) is 0 Å². The van der Waals surface area contributed by atoms with Crippen molar-refractivity contribution in [1.29, 1.82) is 0 Å². The third-order valence-corrected chi connectivity index (χ3v) is 2.97. The molecule has 0 aliphatic carbocycles. The lowest BCUT2D eigenvalue weighted by Gasteiger charge is -2.28. The number of nitrogens with zero attached hydrogens (tertiary/aromatic N) is 1. The van der Waals surface area contributed by atoms with Crippen LogP contribution in [-0.4, -0.2) is 29.4 Å².